The van der Waals surface area contributed by atoms with Gasteiger partial charge in [-0.15, -0.1) is 11.3 Å². The van der Waals surface area contributed by atoms with Crippen LogP contribution in [0.2, 0.25) is 0 Å². The largest absolute Gasteiger partial charge is 0.234 e. The van der Waals surface area contributed by atoms with Gasteiger partial charge in [0, 0.05) is 4.88 Å². The predicted octanol–water partition coefficient (Wildman–Crippen LogP) is 2.63. The van der Waals surface area contributed by atoms with Gasteiger partial charge in [-0.2, -0.15) is 4.40 Å². The van der Waals surface area contributed by atoms with Gasteiger partial charge in [0.25, 0.3) is 0 Å². The normalized spacial score (nSPS) is 15.0. The fraction of sp³-hybridized carbons (Fsp3) is 0.444. The highest BCUT2D eigenvalue weighted by molar-refractivity contribution is 7.85. The Balaban J connectivity index is 2.65. The SMILES string of the molecule is CC(C)(C)[S@@](=O)/N=C/c1cccs1. The Labute approximate surface area is 85.3 Å². The Kier molecular flexibility index (Phi) is 3.39. The van der Waals surface area contributed by atoms with Gasteiger partial charge in [0.2, 0.25) is 0 Å². The summed E-state index contributed by atoms with van der Waals surface area (Å²) in [7, 11) is -1.15. The summed E-state index contributed by atoms with van der Waals surface area (Å²) in [5, 5.41) is 1.97. The first-order valence-corrected chi connectivity index (χ1v) is 5.98. The molecule has 0 bridgehead atoms. The highest BCUT2D eigenvalue weighted by Crippen LogP contribution is 2.13. The van der Waals surface area contributed by atoms with Gasteiger partial charge in [-0.05, 0) is 32.2 Å². The summed E-state index contributed by atoms with van der Waals surface area (Å²) in [6, 6.07) is 3.90. The second-order valence-electron chi connectivity index (χ2n) is 3.61. The van der Waals surface area contributed by atoms with Crippen molar-refractivity contribution in [2.24, 2.45) is 4.40 Å². The zero-order valence-corrected chi connectivity index (χ0v) is 9.61. The minimum Gasteiger partial charge on any atom is -0.234 e. The van der Waals surface area contributed by atoms with Crippen molar-refractivity contribution in [3.8, 4) is 0 Å². The van der Waals surface area contributed by atoms with Crippen molar-refractivity contribution < 1.29 is 4.21 Å². The molecule has 0 unspecified atom stereocenters. The molecule has 13 heavy (non-hydrogen) atoms. The Bertz CT molecular complexity index is 309. The molecule has 72 valence electrons. The van der Waals surface area contributed by atoms with Gasteiger partial charge in [0.05, 0.1) is 11.0 Å². The fourth-order valence-electron chi connectivity index (χ4n) is 0.623. The van der Waals surface area contributed by atoms with Crippen LogP contribution in [-0.2, 0) is 11.0 Å². The Morgan fingerprint density at radius 3 is 2.69 bits per heavy atom. The maximum Gasteiger partial charge on any atom is 0.144 e. The maximum atomic E-state index is 11.5. The third-order valence-electron chi connectivity index (χ3n) is 1.34. The zero-order chi connectivity index (χ0) is 9.90. The van der Waals surface area contributed by atoms with Crippen LogP contribution in [-0.4, -0.2) is 15.2 Å². The summed E-state index contributed by atoms with van der Waals surface area (Å²) < 4.78 is 15.2. The second kappa shape index (κ2) is 4.15. The Hall–Kier alpha value is -0.480. The average molecular weight is 215 g/mol. The molecule has 0 radical (unpaired) electrons. The molecule has 0 N–H and O–H groups in total. The van der Waals surface area contributed by atoms with E-state index in [0.717, 1.165) is 4.88 Å². The number of hydrogen-bond acceptors (Lipinski definition) is 2. The molecule has 1 aromatic heterocycles. The van der Waals surface area contributed by atoms with E-state index in [4.69, 9.17) is 0 Å². The molecule has 0 aliphatic rings. The van der Waals surface area contributed by atoms with E-state index >= 15 is 0 Å². The number of thiophene rings is 1. The van der Waals surface area contributed by atoms with Gasteiger partial charge in [-0.1, -0.05) is 6.07 Å². The summed E-state index contributed by atoms with van der Waals surface area (Å²) in [5.41, 5.74) is 0. The van der Waals surface area contributed by atoms with E-state index in [9.17, 15) is 4.21 Å². The molecular formula is C9H13NOS2. The van der Waals surface area contributed by atoms with Gasteiger partial charge < -0.3 is 0 Å². The molecule has 0 amide bonds. The Morgan fingerprint density at radius 1 is 1.54 bits per heavy atom. The van der Waals surface area contributed by atoms with E-state index in [1.807, 2.05) is 38.3 Å². The topological polar surface area (TPSA) is 29.4 Å². The lowest BCUT2D eigenvalue weighted by atomic mass is 10.3. The zero-order valence-electron chi connectivity index (χ0n) is 7.98. The van der Waals surface area contributed by atoms with Crippen molar-refractivity contribution in [1.29, 1.82) is 0 Å². The quantitative estimate of drug-likeness (QED) is 0.697. The molecule has 0 aliphatic heterocycles. The van der Waals surface area contributed by atoms with Crippen LogP contribution in [0, 0.1) is 0 Å². The van der Waals surface area contributed by atoms with E-state index in [1.165, 1.54) is 0 Å². The molecule has 1 aromatic rings. The molecule has 0 aliphatic carbocycles. The number of nitrogens with zero attached hydrogens (tertiary/aromatic N) is 1. The molecule has 0 saturated carbocycles. The summed E-state index contributed by atoms with van der Waals surface area (Å²) in [6.07, 6.45) is 1.67. The highest BCUT2D eigenvalue weighted by Gasteiger charge is 2.17. The van der Waals surface area contributed by atoms with Crippen molar-refractivity contribution in [1.82, 2.24) is 0 Å². The van der Waals surface area contributed by atoms with Crippen LogP contribution in [0.15, 0.2) is 21.9 Å². The lowest BCUT2D eigenvalue weighted by molar-refractivity contribution is 0.651. The molecule has 0 fully saturated rings. The first-order chi connectivity index (χ1) is 6.00. The molecule has 0 saturated heterocycles. The van der Waals surface area contributed by atoms with Crippen LogP contribution in [0.1, 0.15) is 25.6 Å². The number of hydrogen-bond donors (Lipinski definition) is 0. The average Bonchev–Trinajstić information content (AvgIpc) is 2.50. The second-order valence-corrected chi connectivity index (χ2v) is 6.52. The lowest BCUT2D eigenvalue weighted by Crippen LogP contribution is -2.19. The van der Waals surface area contributed by atoms with Crippen molar-refractivity contribution >= 4 is 28.5 Å². The van der Waals surface area contributed by atoms with E-state index in [0.29, 0.717) is 0 Å². The lowest BCUT2D eigenvalue weighted by Gasteiger charge is -2.12. The van der Waals surface area contributed by atoms with Gasteiger partial charge in [-0.3, -0.25) is 0 Å². The fourth-order valence-corrected chi connectivity index (χ4v) is 1.80. The van der Waals surface area contributed by atoms with Crippen LogP contribution in [0.3, 0.4) is 0 Å². The van der Waals surface area contributed by atoms with Crippen LogP contribution in [0.4, 0.5) is 0 Å². The third-order valence-corrected chi connectivity index (χ3v) is 3.49. The minimum atomic E-state index is -1.15. The van der Waals surface area contributed by atoms with Crippen molar-refractivity contribution in [2.45, 2.75) is 25.5 Å². The molecule has 0 aromatic carbocycles. The van der Waals surface area contributed by atoms with Crippen LogP contribution >= 0.6 is 11.3 Å². The molecule has 1 heterocycles. The van der Waals surface area contributed by atoms with E-state index < -0.39 is 11.0 Å². The van der Waals surface area contributed by atoms with Crippen LogP contribution in [0.25, 0.3) is 0 Å². The molecule has 2 nitrogen and oxygen atoms in total. The summed E-state index contributed by atoms with van der Waals surface area (Å²) in [4.78, 5) is 1.04. The van der Waals surface area contributed by atoms with Crippen LogP contribution in [0.5, 0.6) is 0 Å². The first kappa shape index (κ1) is 10.6. The van der Waals surface area contributed by atoms with Gasteiger partial charge in [0.1, 0.15) is 11.0 Å². The van der Waals surface area contributed by atoms with Gasteiger partial charge in [0.15, 0.2) is 0 Å². The summed E-state index contributed by atoms with van der Waals surface area (Å²) in [6.45, 7) is 5.73. The molecule has 0 spiro atoms. The van der Waals surface area contributed by atoms with Crippen LogP contribution < -0.4 is 0 Å². The van der Waals surface area contributed by atoms with E-state index in [2.05, 4.69) is 4.40 Å². The first-order valence-electron chi connectivity index (χ1n) is 4.00. The maximum absolute atomic E-state index is 11.5. The highest BCUT2D eigenvalue weighted by atomic mass is 32.2. The smallest absolute Gasteiger partial charge is 0.144 e. The molecule has 1 rings (SSSR count). The van der Waals surface area contributed by atoms with Crippen molar-refractivity contribution in [3.63, 3.8) is 0 Å². The van der Waals surface area contributed by atoms with Gasteiger partial charge in [-0.25, -0.2) is 4.21 Å². The third kappa shape index (κ3) is 3.40. The van der Waals surface area contributed by atoms with E-state index in [1.54, 1.807) is 17.6 Å². The Morgan fingerprint density at radius 2 is 2.23 bits per heavy atom. The predicted molar refractivity (Wildman–Crippen MR) is 59.8 cm³/mol. The summed E-state index contributed by atoms with van der Waals surface area (Å²) in [5.74, 6) is 0. The standard InChI is InChI=1S/C9H13NOS2/c1-9(2,3)13(11)10-7-8-5-4-6-12-8/h4-7H,1-3H3/b10-7+/t13-/m1/s1. The van der Waals surface area contributed by atoms with Crippen molar-refractivity contribution in [2.75, 3.05) is 0 Å². The monoisotopic (exact) mass is 215 g/mol. The van der Waals surface area contributed by atoms with Crippen molar-refractivity contribution in [3.05, 3.63) is 22.4 Å². The number of rotatable bonds is 2. The molecule has 4 heteroatoms. The molecule has 1 atom stereocenters. The van der Waals surface area contributed by atoms with E-state index in [-0.39, 0.29) is 4.75 Å². The van der Waals surface area contributed by atoms with Gasteiger partial charge >= 0.3 is 0 Å². The minimum absolute atomic E-state index is 0.270. The molecular weight excluding hydrogens is 202 g/mol. The summed E-state index contributed by atoms with van der Waals surface area (Å²) >= 11 is 1.59.